The number of alkyl halides is 2. The number of rotatable bonds is 7. The summed E-state index contributed by atoms with van der Waals surface area (Å²) < 4.78 is 41.4. The molecule has 2 aliphatic rings. The second-order valence-electron chi connectivity index (χ2n) is 10.7. The Morgan fingerprint density at radius 3 is 2.45 bits per heavy atom. The van der Waals surface area contributed by atoms with Gasteiger partial charge in [-0.05, 0) is 65.0 Å². The first kappa shape index (κ1) is 28.3. The van der Waals surface area contributed by atoms with Gasteiger partial charge in [0.05, 0.1) is 0 Å². The number of nitrogens with one attached hydrogen (secondary N) is 2. The van der Waals surface area contributed by atoms with E-state index in [0.717, 1.165) is 39.0 Å². The van der Waals surface area contributed by atoms with Crippen LogP contribution in [0.2, 0.25) is 0 Å². The van der Waals surface area contributed by atoms with Crippen molar-refractivity contribution in [1.29, 1.82) is 0 Å². The number of likely N-dealkylation sites (N-methyl/N-ethyl adjacent to an activating group) is 1. The Morgan fingerprint density at radius 2 is 1.79 bits per heavy atom. The van der Waals surface area contributed by atoms with Crippen molar-refractivity contribution in [2.24, 2.45) is 0 Å². The molecule has 3 unspecified atom stereocenters. The van der Waals surface area contributed by atoms with Gasteiger partial charge in [0.1, 0.15) is 17.8 Å². The van der Waals surface area contributed by atoms with Gasteiger partial charge in [0.2, 0.25) is 11.8 Å². The maximum atomic E-state index is 14.6. The number of aromatic nitrogens is 1. The van der Waals surface area contributed by atoms with Gasteiger partial charge in [0.25, 0.3) is 5.91 Å². The zero-order valence-corrected chi connectivity index (χ0v) is 23.3. The first-order valence-electron chi connectivity index (χ1n) is 13.4. The summed E-state index contributed by atoms with van der Waals surface area (Å²) in [6.07, 6.45) is 4.35. The topological polar surface area (TPSA) is 103 Å². The third-order valence-electron chi connectivity index (χ3n) is 7.89. The van der Waals surface area contributed by atoms with E-state index in [1.807, 2.05) is 13.8 Å². The molecule has 0 saturated carbocycles. The van der Waals surface area contributed by atoms with Crippen molar-refractivity contribution < 1.29 is 27.7 Å². The maximum Gasteiger partial charge on any atom is 0.322 e. The van der Waals surface area contributed by atoms with Gasteiger partial charge < -0.3 is 24.7 Å². The molecular weight excluding hydrogens is 513 g/mol. The lowest BCUT2D eigenvalue weighted by molar-refractivity contribution is -0.147. The summed E-state index contributed by atoms with van der Waals surface area (Å²) in [7, 11) is -3.75. The molecule has 1 aromatic heterocycles. The molecular formula is C27H37F2N4O4P. The smallest absolute Gasteiger partial charge is 0.322 e. The number of fused-ring (bicyclic) bond motifs is 2. The molecule has 1 aromatic carbocycles. The van der Waals surface area contributed by atoms with Crippen LogP contribution in [0.1, 0.15) is 68.4 Å². The number of halogens is 2. The van der Waals surface area contributed by atoms with Crippen molar-refractivity contribution >= 4 is 35.8 Å². The zero-order chi connectivity index (χ0) is 27.8. The van der Waals surface area contributed by atoms with Crippen LogP contribution in [0.15, 0.2) is 24.3 Å². The number of hydrogen-bond acceptors (Lipinski definition) is 4. The van der Waals surface area contributed by atoms with Crippen LogP contribution in [0, 0.1) is 0 Å². The van der Waals surface area contributed by atoms with E-state index in [1.54, 1.807) is 15.9 Å². The second kappa shape index (κ2) is 10.8. The molecule has 3 atom stereocenters. The summed E-state index contributed by atoms with van der Waals surface area (Å²) in [5.74, 6) is -0.818. The number of amides is 3. The zero-order valence-electron chi connectivity index (χ0n) is 22.4. The lowest BCUT2D eigenvalue weighted by Gasteiger charge is -2.36. The molecule has 8 nitrogen and oxygen atoms in total. The van der Waals surface area contributed by atoms with Crippen molar-refractivity contribution in [2.45, 2.75) is 76.2 Å². The summed E-state index contributed by atoms with van der Waals surface area (Å²) >= 11 is 0. The predicted molar refractivity (Wildman–Crippen MR) is 143 cm³/mol. The molecule has 0 bridgehead atoms. The minimum atomic E-state index is -3.75. The van der Waals surface area contributed by atoms with Crippen LogP contribution in [0.25, 0.3) is 10.9 Å². The van der Waals surface area contributed by atoms with E-state index in [9.17, 15) is 27.7 Å². The predicted octanol–water partition coefficient (Wildman–Crippen LogP) is 4.74. The Morgan fingerprint density at radius 1 is 1.11 bits per heavy atom. The minimum absolute atomic E-state index is 0.0204. The molecule has 0 aliphatic carbocycles. The normalized spacial score (nSPS) is 22.6. The largest absolute Gasteiger partial charge is 0.351 e. The molecule has 208 valence electrons. The molecule has 11 heteroatoms. The first-order chi connectivity index (χ1) is 17.9. The molecule has 3 amide bonds. The second-order valence-corrected chi connectivity index (χ2v) is 14.0. The highest BCUT2D eigenvalue weighted by molar-refractivity contribution is 7.63. The Bertz CT molecular complexity index is 1270. The molecule has 2 aliphatic heterocycles. The highest BCUT2D eigenvalue weighted by atomic mass is 31.2. The lowest BCUT2D eigenvalue weighted by Crippen LogP contribution is -2.56. The van der Waals surface area contributed by atoms with E-state index in [0.29, 0.717) is 36.8 Å². The summed E-state index contributed by atoms with van der Waals surface area (Å²) in [5, 5.41) is 3.38. The van der Waals surface area contributed by atoms with Crippen LogP contribution in [0.3, 0.4) is 0 Å². The van der Waals surface area contributed by atoms with Gasteiger partial charge >= 0.3 is 5.66 Å². The van der Waals surface area contributed by atoms with Crippen molar-refractivity contribution in [2.75, 3.05) is 26.4 Å². The van der Waals surface area contributed by atoms with Crippen LogP contribution < -0.4 is 5.32 Å². The Kier molecular flexibility index (Phi) is 8.03. The number of aromatic amines is 1. The van der Waals surface area contributed by atoms with Crippen molar-refractivity contribution in [3.05, 3.63) is 35.5 Å². The third kappa shape index (κ3) is 5.24. The number of hydrogen-bond donors (Lipinski definition) is 2. The molecule has 2 aromatic rings. The van der Waals surface area contributed by atoms with Crippen molar-refractivity contribution in [3.8, 4) is 0 Å². The molecule has 3 heterocycles. The Balaban J connectivity index is 1.55. The van der Waals surface area contributed by atoms with Crippen molar-refractivity contribution in [1.82, 2.24) is 20.1 Å². The average molecular weight is 551 g/mol. The number of carbonyl (C=O) groups excluding carboxylic acids is 3. The molecule has 2 fully saturated rings. The van der Waals surface area contributed by atoms with E-state index >= 15 is 0 Å². The fraction of sp³-hybridized carbons (Fsp3) is 0.593. The Labute approximate surface area is 221 Å². The van der Waals surface area contributed by atoms with E-state index in [4.69, 9.17) is 0 Å². The molecule has 38 heavy (non-hydrogen) atoms. The molecule has 2 N–H and O–H groups in total. The van der Waals surface area contributed by atoms with Gasteiger partial charge in [-0.1, -0.05) is 25.0 Å². The van der Waals surface area contributed by atoms with Gasteiger partial charge in [-0.15, -0.1) is 0 Å². The fourth-order valence-corrected chi connectivity index (χ4v) is 6.40. The highest BCUT2D eigenvalue weighted by Crippen LogP contribution is 2.60. The van der Waals surface area contributed by atoms with Crippen LogP contribution in [0.5, 0.6) is 0 Å². The SMILES string of the molecule is CCN(CC)C(=O)C1CCC2CCCCC(NC(=O)c3cc4ccc(C(F)(F)P(C)(C)=O)cc4[nH]3)C(=O)N21. The van der Waals surface area contributed by atoms with E-state index in [-0.39, 0.29) is 29.1 Å². The molecule has 0 radical (unpaired) electrons. The summed E-state index contributed by atoms with van der Waals surface area (Å²) in [6.45, 7) is 7.06. The molecule has 2 saturated heterocycles. The number of benzene rings is 1. The Hall–Kier alpha value is -2.74. The fourth-order valence-electron chi connectivity index (χ4n) is 5.64. The van der Waals surface area contributed by atoms with Gasteiger partial charge in [0, 0.05) is 35.6 Å². The van der Waals surface area contributed by atoms with Crippen LogP contribution in [-0.2, 0) is 19.8 Å². The summed E-state index contributed by atoms with van der Waals surface area (Å²) in [4.78, 5) is 46.4. The van der Waals surface area contributed by atoms with Crippen LogP contribution >= 0.6 is 7.14 Å². The summed E-state index contributed by atoms with van der Waals surface area (Å²) in [5.41, 5.74) is -3.42. The quantitative estimate of drug-likeness (QED) is 0.486. The third-order valence-corrected chi connectivity index (χ3v) is 9.50. The standard InChI is InChI=1S/C27H37F2N4O4P/c1-5-32(6-2)26(36)23-14-13-19-9-7-8-10-20(25(35)33(19)23)31-24(34)22-15-17-11-12-18(16-21(17)30-22)27(28,29)38(3,4)37/h11-12,15-16,19-20,23,30H,5-10,13-14H2,1-4H3,(H,31,34). The van der Waals surface area contributed by atoms with E-state index in [2.05, 4.69) is 10.3 Å². The highest BCUT2D eigenvalue weighted by Gasteiger charge is 2.46. The van der Waals surface area contributed by atoms with Crippen molar-refractivity contribution in [3.63, 3.8) is 0 Å². The first-order valence-corrected chi connectivity index (χ1v) is 16.0. The molecule has 4 rings (SSSR count). The number of nitrogens with zero attached hydrogens (tertiary/aromatic N) is 2. The lowest BCUT2D eigenvalue weighted by atomic mass is 9.98. The number of carbonyl (C=O) groups is 3. The van der Waals surface area contributed by atoms with Gasteiger partial charge in [0.15, 0.2) is 7.14 Å². The maximum absolute atomic E-state index is 14.6. The van der Waals surface area contributed by atoms with E-state index in [1.165, 1.54) is 18.2 Å². The average Bonchev–Trinajstić information content (AvgIpc) is 3.48. The van der Waals surface area contributed by atoms with Crippen LogP contribution in [0.4, 0.5) is 8.78 Å². The monoisotopic (exact) mass is 550 g/mol. The van der Waals surface area contributed by atoms with Gasteiger partial charge in [-0.3, -0.25) is 14.4 Å². The van der Waals surface area contributed by atoms with Gasteiger partial charge in [-0.2, -0.15) is 8.78 Å². The minimum Gasteiger partial charge on any atom is -0.351 e. The number of H-pyrrole nitrogens is 1. The van der Waals surface area contributed by atoms with E-state index < -0.39 is 30.8 Å². The summed E-state index contributed by atoms with van der Waals surface area (Å²) in [6, 6.07) is 4.11. The van der Waals surface area contributed by atoms with Crippen LogP contribution in [-0.4, -0.2) is 77.1 Å². The van der Waals surface area contributed by atoms with Gasteiger partial charge in [-0.25, -0.2) is 0 Å². The molecule has 0 spiro atoms.